The van der Waals surface area contributed by atoms with Gasteiger partial charge in [-0.25, -0.2) is 0 Å². The van der Waals surface area contributed by atoms with Crippen LogP contribution < -0.4 is 5.32 Å². The Morgan fingerprint density at radius 2 is 0.837 bits per heavy atom. The average molecular weight is 698 g/mol. The zero-order chi connectivity index (χ0) is 36.2. The van der Waals surface area contributed by atoms with E-state index in [1.807, 2.05) is 0 Å². The molecule has 0 rings (SSSR count). The highest BCUT2D eigenvalue weighted by Crippen LogP contribution is 2.16. The second-order valence-electron chi connectivity index (χ2n) is 14.8. The molecule has 0 aliphatic carbocycles. The zero-order valence-electron chi connectivity index (χ0n) is 32.3. The van der Waals surface area contributed by atoms with Crippen molar-refractivity contribution in [1.82, 2.24) is 5.32 Å². The van der Waals surface area contributed by atoms with Crippen LogP contribution in [0.15, 0.2) is 12.2 Å². The number of rotatable bonds is 38. The topological polar surface area (TPSA) is 130 Å². The molecule has 0 aromatic heterocycles. The summed E-state index contributed by atoms with van der Waals surface area (Å²) < 4.78 is 0. The maximum absolute atomic E-state index is 12.5. The monoisotopic (exact) mass is 698 g/mol. The number of unbranched alkanes of at least 4 members (excludes halogenated alkanes) is 26. The molecule has 0 aliphatic heterocycles. The van der Waals surface area contributed by atoms with Gasteiger partial charge >= 0.3 is 0 Å². The van der Waals surface area contributed by atoms with E-state index in [1.165, 1.54) is 135 Å². The van der Waals surface area contributed by atoms with Crippen molar-refractivity contribution in [1.29, 1.82) is 0 Å². The van der Waals surface area contributed by atoms with E-state index in [0.29, 0.717) is 12.8 Å². The normalized spacial score (nSPS) is 15.0. The Balaban J connectivity index is 3.88. The molecule has 0 radical (unpaired) electrons. The van der Waals surface area contributed by atoms with Crippen LogP contribution in [0, 0.1) is 0 Å². The molecule has 0 saturated heterocycles. The highest BCUT2D eigenvalue weighted by atomic mass is 16.4. The fraction of sp³-hybridized carbons (Fsp3) is 0.929. The summed E-state index contributed by atoms with van der Waals surface area (Å²) in [6.45, 7) is 3.91. The quantitative estimate of drug-likeness (QED) is 0.0282. The largest absolute Gasteiger partial charge is 0.394 e. The molecule has 0 saturated carbocycles. The van der Waals surface area contributed by atoms with E-state index in [4.69, 9.17) is 0 Å². The molecule has 0 bridgehead atoms. The molecule has 0 aromatic carbocycles. The Labute approximate surface area is 303 Å². The molecule has 7 heteroatoms. The molecular formula is C42H83NO6. The van der Waals surface area contributed by atoms with Crippen molar-refractivity contribution in [3.05, 3.63) is 12.2 Å². The van der Waals surface area contributed by atoms with Crippen molar-refractivity contribution in [2.75, 3.05) is 6.61 Å². The molecule has 1 amide bonds. The van der Waals surface area contributed by atoms with Crippen LogP contribution in [0.25, 0.3) is 0 Å². The summed E-state index contributed by atoms with van der Waals surface area (Å²) in [7, 11) is 0. The highest BCUT2D eigenvalue weighted by molar-refractivity contribution is 5.80. The lowest BCUT2D eigenvalue weighted by atomic mass is 9.96. The molecule has 0 aromatic rings. The first kappa shape index (κ1) is 48.0. The lowest BCUT2D eigenvalue weighted by molar-refractivity contribution is -0.134. The van der Waals surface area contributed by atoms with Crippen LogP contribution in [0.1, 0.15) is 213 Å². The lowest BCUT2D eigenvalue weighted by Gasteiger charge is -2.29. The molecule has 0 aliphatic rings. The molecular weight excluding hydrogens is 614 g/mol. The Morgan fingerprint density at radius 3 is 1.22 bits per heavy atom. The smallest absolute Gasteiger partial charge is 0.249 e. The fourth-order valence-corrected chi connectivity index (χ4v) is 6.60. The summed E-state index contributed by atoms with van der Waals surface area (Å²) in [5, 5.41) is 54.0. The van der Waals surface area contributed by atoms with E-state index in [0.717, 1.165) is 51.4 Å². The van der Waals surface area contributed by atoms with Gasteiger partial charge in [0.05, 0.1) is 18.8 Å². The van der Waals surface area contributed by atoms with Gasteiger partial charge in [-0.15, -0.1) is 0 Å². The standard InChI is InChI=1S/C42H83NO6/c1-3-5-7-9-11-13-15-17-19-20-21-23-24-26-28-30-32-34-38(45)41(48)40(47)37(36-44)43-42(49)39(46)35-33-31-29-27-25-22-18-16-14-12-10-8-6-4-2/h19-20,37-41,44-48H,3-18,21-36H2,1-2H3,(H,43,49)/b20-19+/t37-,38+,39-,40-,41+/m0/s1. The number of hydrogen-bond acceptors (Lipinski definition) is 6. The van der Waals surface area contributed by atoms with Crippen LogP contribution in [-0.2, 0) is 4.79 Å². The van der Waals surface area contributed by atoms with Gasteiger partial charge in [0.1, 0.15) is 18.3 Å². The summed E-state index contributed by atoms with van der Waals surface area (Å²) >= 11 is 0. The number of allylic oxidation sites excluding steroid dienone is 2. The Bertz CT molecular complexity index is 719. The number of nitrogens with one attached hydrogen (secondary N) is 1. The van der Waals surface area contributed by atoms with Gasteiger partial charge in [-0.2, -0.15) is 0 Å². The van der Waals surface area contributed by atoms with Crippen LogP contribution in [0.3, 0.4) is 0 Å². The molecule has 7 nitrogen and oxygen atoms in total. The third-order valence-corrected chi connectivity index (χ3v) is 10.1. The maximum atomic E-state index is 12.5. The van der Waals surface area contributed by atoms with Crippen molar-refractivity contribution in [2.45, 2.75) is 243 Å². The van der Waals surface area contributed by atoms with Crippen molar-refractivity contribution in [2.24, 2.45) is 0 Å². The zero-order valence-corrected chi connectivity index (χ0v) is 32.3. The average Bonchev–Trinajstić information content (AvgIpc) is 3.11. The molecule has 0 spiro atoms. The van der Waals surface area contributed by atoms with Crippen LogP contribution in [0.5, 0.6) is 0 Å². The van der Waals surface area contributed by atoms with E-state index in [-0.39, 0.29) is 0 Å². The Hall–Kier alpha value is -0.990. The number of carbonyl (C=O) groups excluding carboxylic acids is 1. The summed E-state index contributed by atoms with van der Waals surface area (Å²) in [6, 6.07) is -1.16. The first-order valence-corrected chi connectivity index (χ1v) is 21.2. The van der Waals surface area contributed by atoms with E-state index in [2.05, 4.69) is 31.3 Å². The Morgan fingerprint density at radius 1 is 0.490 bits per heavy atom. The minimum atomic E-state index is -1.53. The Kier molecular flexibility index (Phi) is 36.0. The summed E-state index contributed by atoms with van der Waals surface area (Å²) in [5.74, 6) is -0.668. The number of amides is 1. The minimum Gasteiger partial charge on any atom is -0.394 e. The molecule has 5 atom stereocenters. The van der Waals surface area contributed by atoms with Crippen LogP contribution in [0.2, 0.25) is 0 Å². The van der Waals surface area contributed by atoms with E-state index in [9.17, 15) is 30.3 Å². The third kappa shape index (κ3) is 30.4. The number of hydrogen-bond donors (Lipinski definition) is 6. The highest BCUT2D eigenvalue weighted by Gasteiger charge is 2.32. The van der Waals surface area contributed by atoms with Crippen molar-refractivity contribution < 1.29 is 30.3 Å². The number of carbonyl (C=O) groups is 1. The molecule has 292 valence electrons. The molecule has 0 unspecified atom stereocenters. The van der Waals surface area contributed by atoms with Crippen LogP contribution in [-0.4, -0.2) is 68.5 Å². The summed E-state index contributed by atoms with van der Waals surface area (Å²) in [5.41, 5.74) is 0. The maximum Gasteiger partial charge on any atom is 0.249 e. The lowest BCUT2D eigenvalue weighted by Crippen LogP contribution is -2.55. The van der Waals surface area contributed by atoms with Gasteiger partial charge in [0.15, 0.2) is 0 Å². The SMILES string of the molecule is CCCCCCCCC/C=C/CCCCCCCC[C@@H](O)[C@@H](O)[C@@H](O)[C@H](CO)NC(=O)[C@@H](O)CCCCCCCCCCCCCCCC. The van der Waals surface area contributed by atoms with Crippen molar-refractivity contribution >= 4 is 5.91 Å². The van der Waals surface area contributed by atoms with Gasteiger partial charge < -0.3 is 30.8 Å². The molecule has 6 N–H and O–H groups in total. The van der Waals surface area contributed by atoms with E-state index >= 15 is 0 Å². The van der Waals surface area contributed by atoms with Crippen molar-refractivity contribution in [3.63, 3.8) is 0 Å². The summed E-state index contributed by atoms with van der Waals surface area (Å²) in [6.07, 6.45) is 35.3. The minimum absolute atomic E-state index is 0.319. The number of aliphatic hydroxyl groups excluding tert-OH is 5. The van der Waals surface area contributed by atoms with Gasteiger partial charge in [-0.05, 0) is 38.5 Å². The van der Waals surface area contributed by atoms with Crippen LogP contribution in [0.4, 0.5) is 0 Å². The van der Waals surface area contributed by atoms with Gasteiger partial charge in [0.25, 0.3) is 0 Å². The van der Waals surface area contributed by atoms with Gasteiger partial charge in [0, 0.05) is 0 Å². The second-order valence-corrected chi connectivity index (χ2v) is 14.8. The summed E-state index contributed by atoms with van der Waals surface area (Å²) in [4.78, 5) is 12.5. The molecule has 0 fully saturated rings. The van der Waals surface area contributed by atoms with Gasteiger partial charge in [-0.3, -0.25) is 4.79 Å². The molecule has 0 heterocycles. The van der Waals surface area contributed by atoms with Crippen molar-refractivity contribution in [3.8, 4) is 0 Å². The van der Waals surface area contributed by atoms with E-state index in [1.54, 1.807) is 0 Å². The predicted molar refractivity (Wildman–Crippen MR) is 207 cm³/mol. The first-order valence-electron chi connectivity index (χ1n) is 21.2. The van der Waals surface area contributed by atoms with Gasteiger partial charge in [0.2, 0.25) is 5.91 Å². The predicted octanol–water partition coefficient (Wildman–Crippen LogP) is 9.60. The van der Waals surface area contributed by atoms with E-state index < -0.39 is 43.0 Å². The van der Waals surface area contributed by atoms with Crippen LogP contribution >= 0.6 is 0 Å². The first-order chi connectivity index (χ1) is 23.9. The second kappa shape index (κ2) is 36.8. The fourth-order valence-electron chi connectivity index (χ4n) is 6.60. The third-order valence-electron chi connectivity index (χ3n) is 10.1. The van der Waals surface area contributed by atoms with Gasteiger partial charge in [-0.1, -0.05) is 187 Å². The molecule has 49 heavy (non-hydrogen) atoms. The number of aliphatic hydroxyl groups is 5.